The molecule has 2 aromatic rings. The number of hydrogen-bond acceptors (Lipinski definition) is 4. The molecule has 6 nitrogen and oxygen atoms in total. The van der Waals surface area contributed by atoms with Gasteiger partial charge in [0.05, 0.1) is 18.1 Å². The number of amides is 2. The summed E-state index contributed by atoms with van der Waals surface area (Å²) in [5.74, 6) is -0.0354. The third-order valence-corrected chi connectivity index (χ3v) is 6.90. The van der Waals surface area contributed by atoms with Crippen molar-refractivity contribution in [1.82, 2.24) is 15.5 Å². The Hall–Kier alpha value is -2.70. The van der Waals surface area contributed by atoms with Crippen molar-refractivity contribution in [3.63, 3.8) is 0 Å². The van der Waals surface area contributed by atoms with Crippen LogP contribution in [-0.4, -0.2) is 47.4 Å². The van der Waals surface area contributed by atoms with Crippen LogP contribution >= 0.6 is 0 Å². The number of nitrogens with two attached hydrogens (primary N) is 1. The summed E-state index contributed by atoms with van der Waals surface area (Å²) in [5.41, 5.74) is 8.03. The van der Waals surface area contributed by atoms with Crippen LogP contribution in [0.3, 0.4) is 0 Å². The average Bonchev–Trinajstić information content (AvgIpc) is 3.26. The van der Waals surface area contributed by atoms with Crippen molar-refractivity contribution in [1.29, 1.82) is 0 Å². The number of hydrogen-bond donors (Lipinski definition) is 3. The van der Waals surface area contributed by atoms with E-state index >= 15 is 0 Å². The van der Waals surface area contributed by atoms with Gasteiger partial charge in [-0.25, -0.2) is 0 Å². The van der Waals surface area contributed by atoms with Crippen molar-refractivity contribution in [2.24, 2.45) is 5.73 Å². The standard InChI is InChI=1S/C26H34N4O2/c1-2-22(27)25(31)28-20-13-14-21-15-16-23(30(21)17-20)26(32)29-24(18-9-5-3-6-10-18)19-11-7-4-8-12-19/h3-12,20-24H,2,13-17,27H2,1H3,(H,28,31)(H,29,32)/t20-,21-,22-,23-/m0/s1. The maximum absolute atomic E-state index is 13.5. The lowest BCUT2D eigenvalue weighted by Crippen LogP contribution is -2.56. The van der Waals surface area contributed by atoms with Crippen LogP contribution in [0.5, 0.6) is 0 Å². The normalized spacial score (nSPS) is 24.0. The monoisotopic (exact) mass is 434 g/mol. The summed E-state index contributed by atoms with van der Waals surface area (Å²) in [4.78, 5) is 28.1. The molecule has 0 radical (unpaired) electrons. The summed E-state index contributed by atoms with van der Waals surface area (Å²) in [6, 6.07) is 19.8. The maximum atomic E-state index is 13.5. The topological polar surface area (TPSA) is 87.5 Å². The Morgan fingerprint density at radius 1 is 0.969 bits per heavy atom. The van der Waals surface area contributed by atoms with Crippen LogP contribution in [0.25, 0.3) is 0 Å². The average molecular weight is 435 g/mol. The molecule has 4 atom stereocenters. The molecule has 2 aliphatic rings. The molecule has 2 aromatic carbocycles. The van der Waals surface area contributed by atoms with Gasteiger partial charge < -0.3 is 16.4 Å². The lowest BCUT2D eigenvalue weighted by molar-refractivity contribution is -0.127. The highest BCUT2D eigenvalue weighted by molar-refractivity contribution is 5.83. The van der Waals surface area contributed by atoms with E-state index in [0.29, 0.717) is 19.0 Å². The summed E-state index contributed by atoms with van der Waals surface area (Å²) in [5, 5.41) is 6.42. The minimum absolute atomic E-state index is 0.0452. The Kier molecular flexibility index (Phi) is 7.22. The number of fused-ring (bicyclic) bond motifs is 1. The fourth-order valence-electron chi connectivity index (χ4n) is 5.04. The number of carbonyl (C=O) groups is 2. The Labute approximate surface area is 190 Å². The summed E-state index contributed by atoms with van der Waals surface area (Å²) in [6.45, 7) is 2.62. The highest BCUT2D eigenvalue weighted by Gasteiger charge is 2.42. The number of carbonyl (C=O) groups excluding carboxylic acids is 2. The second-order valence-corrected chi connectivity index (χ2v) is 9.00. The largest absolute Gasteiger partial charge is 0.351 e. The van der Waals surface area contributed by atoms with E-state index in [1.807, 2.05) is 43.3 Å². The zero-order valence-corrected chi connectivity index (χ0v) is 18.7. The first-order valence-electron chi connectivity index (χ1n) is 11.8. The van der Waals surface area contributed by atoms with Crippen LogP contribution in [0, 0.1) is 0 Å². The highest BCUT2D eigenvalue weighted by atomic mass is 16.2. The molecule has 0 bridgehead atoms. The lowest BCUT2D eigenvalue weighted by atomic mass is 9.97. The summed E-state index contributed by atoms with van der Waals surface area (Å²) >= 11 is 0. The van der Waals surface area contributed by atoms with E-state index in [9.17, 15) is 9.59 Å². The van der Waals surface area contributed by atoms with Gasteiger partial charge in [-0.2, -0.15) is 0 Å². The van der Waals surface area contributed by atoms with Crippen molar-refractivity contribution in [3.05, 3.63) is 71.8 Å². The number of nitrogens with one attached hydrogen (secondary N) is 2. The van der Waals surface area contributed by atoms with Crippen molar-refractivity contribution in [3.8, 4) is 0 Å². The fourth-order valence-corrected chi connectivity index (χ4v) is 5.04. The van der Waals surface area contributed by atoms with Crippen molar-refractivity contribution in [2.75, 3.05) is 6.54 Å². The number of piperidine rings is 1. The van der Waals surface area contributed by atoms with E-state index in [4.69, 9.17) is 5.73 Å². The summed E-state index contributed by atoms with van der Waals surface area (Å²) in [7, 11) is 0. The molecule has 2 saturated heterocycles. The number of nitrogens with zero attached hydrogens (tertiary/aromatic N) is 1. The SMILES string of the molecule is CC[C@H](N)C(=O)N[C@H]1CC[C@H]2CC[C@@H](C(=O)NC(c3ccccc3)c3ccccc3)N2C1. The quantitative estimate of drug-likeness (QED) is 0.625. The van der Waals surface area contributed by atoms with Gasteiger partial charge in [0.2, 0.25) is 11.8 Å². The number of rotatable bonds is 7. The zero-order valence-electron chi connectivity index (χ0n) is 18.7. The summed E-state index contributed by atoms with van der Waals surface area (Å²) in [6.07, 6.45) is 4.43. The first-order chi connectivity index (χ1) is 15.6. The van der Waals surface area contributed by atoms with Crippen LogP contribution in [0.15, 0.2) is 60.7 Å². The molecule has 0 aliphatic carbocycles. The molecule has 0 saturated carbocycles. The van der Waals surface area contributed by atoms with E-state index in [1.54, 1.807) is 0 Å². The van der Waals surface area contributed by atoms with Gasteiger partial charge in [0.25, 0.3) is 0 Å². The molecule has 0 aromatic heterocycles. The Morgan fingerprint density at radius 3 is 2.16 bits per heavy atom. The Balaban J connectivity index is 1.46. The molecule has 170 valence electrons. The van der Waals surface area contributed by atoms with Crippen LogP contribution in [0.1, 0.15) is 56.2 Å². The molecular weight excluding hydrogens is 400 g/mol. The molecule has 0 spiro atoms. The third-order valence-electron chi connectivity index (χ3n) is 6.90. The predicted molar refractivity (Wildman–Crippen MR) is 126 cm³/mol. The van der Waals surface area contributed by atoms with Crippen LogP contribution < -0.4 is 16.4 Å². The van der Waals surface area contributed by atoms with Gasteiger partial charge in [-0.1, -0.05) is 67.6 Å². The lowest BCUT2D eigenvalue weighted by Gasteiger charge is -2.38. The molecule has 4 rings (SSSR count). The molecule has 6 heteroatoms. The van der Waals surface area contributed by atoms with E-state index in [0.717, 1.165) is 36.8 Å². The van der Waals surface area contributed by atoms with Crippen LogP contribution in [0.4, 0.5) is 0 Å². The molecule has 4 N–H and O–H groups in total. The fraction of sp³-hybridized carbons (Fsp3) is 0.462. The minimum atomic E-state index is -0.470. The minimum Gasteiger partial charge on any atom is -0.351 e. The van der Waals surface area contributed by atoms with Crippen LogP contribution in [-0.2, 0) is 9.59 Å². The van der Waals surface area contributed by atoms with Gasteiger partial charge in [-0.15, -0.1) is 0 Å². The van der Waals surface area contributed by atoms with E-state index in [2.05, 4.69) is 39.8 Å². The molecule has 2 fully saturated rings. The zero-order chi connectivity index (χ0) is 22.5. The van der Waals surface area contributed by atoms with Gasteiger partial charge in [-0.05, 0) is 43.2 Å². The second kappa shape index (κ2) is 10.3. The Bertz CT molecular complexity index is 865. The first-order valence-corrected chi connectivity index (χ1v) is 11.8. The molecule has 2 heterocycles. The molecule has 32 heavy (non-hydrogen) atoms. The number of benzene rings is 2. The third kappa shape index (κ3) is 5.03. The Morgan fingerprint density at radius 2 is 1.56 bits per heavy atom. The van der Waals surface area contributed by atoms with Gasteiger partial charge >= 0.3 is 0 Å². The van der Waals surface area contributed by atoms with E-state index in [1.165, 1.54) is 0 Å². The molecular formula is C26H34N4O2. The predicted octanol–water partition coefficient (Wildman–Crippen LogP) is 2.74. The van der Waals surface area contributed by atoms with Gasteiger partial charge in [0.1, 0.15) is 0 Å². The van der Waals surface area contributed by atoms with Crippen molar-refractivity contribution in [2.45, 2.75) is 69.2 Å². The second-order valence-electron chi connectivity index (χ2n) is 9.00. The van der Waals surface area contributed by atoms with Gasteiger partial charge in [0.15, 0.2) is 0 Å². The highest BCUT2D eigenvalue weighted by Crippen LogP contribution is 2.32. The summed E-state index contributed by atoms with van der Waals surface area (Å²) < 4.78 is 0. The smallest absolute Gasteiger partial charge is 0.238 e. The molecule has 0 unspecified atom stereocenters. The van der Waals surface area contributed by atoms with Gasteiger partial charge in [0, 0.05) is 18.6 Å². The van der Waals surface area contributed by atoms with Crippen molar-refractivity contribution >= 4 is 11.8 Å². The van der Waals surface area contributed by atoms with Gasteiger partial charge in [-0.3, -0.25) is 14.5 Å². The van der Waals surface area contributed by atoms with Crippen molar-refractivity contribution < 1.29 is 9.59 Å². The van der Waals surface area contributed by atoms with E-state index in [-0.39, 0.29) is 29.9 Å². The van der Waals surface area contributed by atoms with Crippen LogP contribution in [0.2, 0.25) is 0 Å². The maximum Gasteiger partial charge on any atom is 0.238 e. The first kappa shape index (κ1) is 22.5. The van der Waals surface area contributed by atoms with E-state index < -0.39 is 6.04 Å². The molecule has 2 amide bonds. The molecule has 2 aliphatic heterocycles.